The number of aryl methyl sites for hydroxylation is 2. The molecule has 1 N–H and O–H groups in total. The van der Waals surface area contributed by atoms with Gasteiger partial charge in [-0.1, -0.05) is 0 Å². The topological polar surface area (TPSA) is 93.5 Å². The highest BCUT2D eigenvalue weighted by atomic mass is 32.2. The summed E-state index contributed by atoms with van der Waals surface area (Å²) in [6.45, 7) is 2.13. The Bertz CT molecular complexity index is 992. The van der Waals surface area contributed by atoms with Crippen molar-refractivity contribution in [3.05, 3.63) is 47.3 Å². The van der Waals surface area contributed by atoms with Crippen LogP contribution in [0.15, 0.2) is 29.3 Å². The second-order valence-electron chi connectivity index (χ2n) is 7.14. The summed E-state index contributed by atoms with van der Waals surface area (Å²) in [4.78, 5) is 16.9. The van der Waals surface area contributed by atoms with Gasteiger partial charge in [-0.2, -0.15) is 4.31 Å². The summed E-state index contributed by atoms with van der Waals surface area (Å²) in [5.41, 5.74) is 0.399. The van der Waals surface area contributed by atoms with Crippen molar-refractivity contribution < 1.29 is 22.3 Å². The van der Waals surface area contributed by atoms with E-state index in [1.165, 1.54) is 10.4 Å². The molecule has 1 fully saturated rings. The molecule has 0 spiro atoms. The van der Waals surface area contributed by atoms with E-state index in [1.54, 1.807) is 0 Å². The lowest BCUT2D eigenvalue weighted by Crippen LogP contribution is -2.40. The highest BCUT2D eigenvalue weighted by Gasteiger charge is 2.28. The second-order valence-corrected chi connectivity index (χ2v) is 9.08. The molecule has 0 atom stereocenters. The Balaban J connectivity index is 1.49. The van der Waals surface area contributed by atoms with E-state index in [1.807, 2.05) is 6.20 Å². The minimum atomic E-state index is -3.81. The summed E-state index contributed by atoms with van der Waals surface area (Å²) in [5, 5.41) is 2.64. The van der Waals surface area contributed by atoms with Gasteiger partial charge < -0.3 is 14.6 Å². The number of nitrogens with zero attached hydrogens (tertiary/aromatic N) is 3. The van der Waals surface area contributed by atoms with E-state index in [0.717, 1.165) is 43.8 Å². The first kappa shape index (κ1) is 20.0. The van der Waals surface area contributed by atoms with Crippen molar-refractivity contribution in [3.63, 3.8) is 0 Å². The third-order valence-corrected chi connectivity index (χ3v) is 7.07. The van der Waals surface area contributed by atoms with Gasteiger partial charge in [0.2, 0.25) is 10.0 Å². The fraction of sp³-hybridized carbons (Fsp3) is 0.474. The lowest BCUT2D eigenvalue weighted by molar-refractivity contribution is 0.0730. The Morgan fingerprint density at radius 3 is 2.76 bits per heavy atom. The van der Waals surface area contributed by atoms with E-state index in [2.05, 4.69) is 14.9 Å². The quantitative estimate of drug-likeness (QED) is 0.784. The Labute approximate surface area is 168 Å². The number of nitrogens with one attached hydrogen (secondary N) is 1. The van der Waals surface area contributed by atoms with Gasteiger partial charge in [0.25, 0.3) is 5.91 Å². The van der Waals surface area contributed by atoms with E-state index < -0.39 is 21.7 Å². The zero-order valence-corrected chi connectivity index (χ0v) is 16.8. The highest BCUT2D eigenvalue weighted by Crippen LogP contribution is 2.20. The van der Waals surface area contributed by atoms with Gasteiger partial charge in [0.05, 0.1) is 35.9 Å². The van der Waals surface area contributed by atoms with Gasteiger partial charge >= 0.3 is 0 Å². The Morgan fingerprint density at radius 2 is 2.00 bits per heavy atom. The number of amides is 1. The first-order valence-electron chi connectivity index (χ1n) is 9.66. The summed E-state index contributed by atoms with van der Waals surface area (Å²) >= 11 is 0. The van der Waals surface area contributed by atoms with Crippen LogP contribution in [0.25, 0.3) is 0 Å². The molecule has 2 aliphatic heterocycles. The van der Waals surface area contributed by atoms with E-state index >= 15 is 0 Å². The van der Waals surface area contributed by atoms with Gasteiger partial charge in [-0.05, 0) is 31.0 Å². The molecule has 10 heteroatoms. The first-order valence-corrected chi connectivity index (χ1v) is 11.1. The van der Waals surface area contributed by atoms with Crippen molar-refractivity contribution in [3.8, 4) is 0 Å². The van der Waals surface area contributed by atoms with Crippen LogP contribution in [0.4, 0.5) is 4.39 Å². The summed E-state index contributed by atoms with van der Waals surface area (Å²) in [5.74, 6) is -0.453. The van der Waals surface area contributed by atoms with Gasteiger partial charge in [-0.15, -0.1) is 0 Å². The number of hydrogen-bond acceptors (Lipinski definition) is 5. The number of fused-ring (bicyclic) bond motifs is 1. The van der Waals surface area contributed by atoms with Crippen molar-refractivity contribution >= 4 is 15.9 Å². The standard InChI is InChI=1S/C19H23FN4O4S/c20-17-5-4-15(29(26,27)24-7-9-28-10-8-24)11-16(17)19(25)21-12-14-13-23-6-2-1-3-18(23)22-14/h4-5,11,13H,1-3,6-10,12H2,(H,21,25). The van der Waals surface area contributed by atoms with E-state index in [9.17, 15) is 17.6 Å². The molecule has 0 unspecified atom stereocenters. The van der Waals surface area contributed by atoms with Gasteiger partial charge in [0.15, 0.2) is 0 Å². The number of aromatic nitrogens is 2. The number of benzene rings is 1. The van der Waals surface area contributed by atoms with Crippen LogP contribution in [-0.2, 0) is 34.3 Å². The molecule has 0 radical (unpaired) electrons. The Morgan fingerprint density at radius 1 is 1.21 bits per heavy atom. The second kappa shape index (κ2) is 8.21. The minimum Gasteiger partial charge on any atom is -0.379 e. The van der Waals surface area contributed by atoms with Gasteiger partial charge in [0.1, 0.15) is 11.6 Å². The van der Waals surface area contributed by atoms with Crippen LogP contribution in [0.3, 0.4) is 0 Å². The molecule has 29 heavy (non-hydrogen) atoms. The number of halogens is 1. The van der Waals surface area contributed by atoms with Crippen LogP contribution < -0.4 is 5.32 Å². The predicted octanol–water partition coefficient (Wildman–Crippen LogP) is 1.31. The maximum atomic E-state index is 14.3. The van der Waals surface area contributed by atoms with Crippen molar-refractivity contribution in [2.75, 3.05) is 26.3 Å². The van der Waals surface area contributed by atoms with Crippen molar-refractivity contribution in [1.82, 2.24) is 19.2 Å². The highest BCUT2D eigenvalue weighted by molar-refractivity contribution is 7.89. The van der Waals surface area contributed by atoms with Gasteiger partial charge in [-0.25, -0.2) is 17.8 Å². The van der Waals surface area contributed by atoms with E-state index in [-0.39, 0.29) is 30.1 Å². The third kappa shape index (κ3) is 4.19. The van der Waals surface area contributed by atoms with Crippen LogP contribution in [0.2, 0.25) is 0 Å². The zero-order chi connectivity index (χ0) is 20.4. The molecule has 0 bridgehead atoms. The molecule has 0 saturated carbocycles. The zero-order valence-electron chi connectivity index (χ0n) is 15.9. The van der Waals surface area contributed by atoms with Crippen molar-refractivity contribution in [2.24, 2.45) is 0 Å². The lowest BCUT2D eigenvalue weighted by atomic mass is 10.2. The molecule has 1 aromatic carbocycles. The SMILES string of the molecule is O=C(NCc1cn2c(n1)CCCC2)c1cc(S(=O)(=O)N2CCOCC2)ccc1F. The smallest absolute Gasteiger partial charge is 0.254 e. The molecule has 2 aromatic rings. The monoisotopic (exact) mass is 422 g/mol. The molecule has 156 valence electrons. The maximum absolute atomic E-state index is 14.3. The average molecular weight is 422 g/mol. The van der Waals surface area contributed by atoms with Gasteiger partial charge in [-0.3, -0.25) is 4.79 Å². The molecule has 4 rings (SSSR count). The molecule has 1 saturated heterocycles. The van der Waals surface area contributed by atoms with E-state index in [4.69, 9.17) is 4.74 Å². The number of ether oxygens (including phenoxy) is 1. The molecule has 1 aromatic heterocycles. The van der Waals surface area contributed by atoms with Crippen LogP contribution in [-0.4, -0.2) is 54.5 Å². The molecular formula is C19H23FN4O4S. The predicted molar refractivity (Wildman–Crippen MR) is 102 cm³/mol. The number of morpholine rings is 1. The molecular weight excluding hydrogens is 399 g/mol. The average Bonchev–Trinajstić information content (AvgIpc) is 3.16. The third-order valence-electron chi connectivity index (χ3n) is 5.18. The minimum absolute atomic E-state index is 0.108. The van der Waals surface area contributed by atoms with Gasteiger partial charge in [0, 0.05) is 32.3 Å². The summed E-state index contributed by atoms with van der Waals surface area (Å²) in [6, 6.07) is 3.28. The Kier molecular flexibility index (Phi) is 5.66. The van der Waals surface area contributed by atoms with Crippen molar-refractivity contribution in [2.45, 2.75) is 37.2 Å². The molecule has 3 heterocycles. The number of sulfonamides is 1. The van der Waals surface area contributed by atoms with Crippen LogP contribution in [0, 0.1) is 5.82 Å². The molecule has 1 amide bonds. The molecule has 0 aliphatic carbocycles. The number of rotatable bonds is 5. The maximum Gasteiger partial charge on any atom is 0.254 e. The largest absolute Gasteiger partial charge is 0.379 e. The molecule has 8 nitrogen and oxygen atoms in total. The fourth-order valence-electron chi connectivity index (χ4n) is 3.60. The number of carbonyl (C=O) groups excluding carboxylic acids is 1. The van der Waals surface area contributed by atoms with E-state index in [0.29, 0.717) is 18.9 Å². The summed E-state index contributed by atoms with van der Waals surface area (Å²) < 4.78 is 48.3. The van der Waals surface area contributed by atoms with Crippen LogP contribution in [0.5, 0.6) is 0 Å². The van der Waals surface area contributed by atoms with Crippen LogP contribution >= 0.6 is 0 Å². The lowest BCUT2D eigenvalue weighted by Gasteiger charge is -2.26. The number of carbonyl (C=O) groups is 1. The number of hydrogen-bond donors (Lipinski definition) is 1. The van der Waals surface area contributed by atoms with Crippen molar-refractivity contribution in [1.29, 1.82) is 0 Å². The summed E-state index contributed by atoms with van der Waals surface area (Å²) in [6.07, 6.45) is 5.00. The fourth-order valence-corrected chi connectivity index (χ4v) is 5.03. The normalized spacial score (nSPS) is 17.7. The van der Waals surface area contributed by atoms with Crippen LogP contribution in [0.1, 0.15) is 34.7 Å². The summed E-state index contributed by atoms with van der Waals surface area (Å²) in [7, 11) is -3.81. The Hall–Kier alpha value is -2.30. The number of imidazole rings is 1. The molecule has 2 aliphatic rings. The first-order chi connectivity index (χ1) is 13.9.